The minimum atomic E-state index is -0.870. The summed E-state index contributed by atoms with van der Waals surface area (Å²) in [6.45, 7) is 0.326. The average Bonchev–Trinajstić information content (AvgIpc) is 2.66. The van der Waals surface area contributed by atoms with Crippen LogP contribution in [0.4, 0.5) is 0 Å². The molecule has 0 spiro atoms. The van der Waals surface area contributed by atoms with Crippen LogP contribution < -0.4 is 0 Å². The van der Waals surface area contributed by atoms with Crippen LogP contribution in [-0.2, 0) is 14.3 Å². The van der Waals surface area contributed by atoms with Crippen molar-refractivity contribution in [2.24, 2.45) is 0 Å². The second-order valence-corrected chi connectivity index (χ2v) is 4.49. The Morgan fingerprint density at radius 2 is 2.12 bits per heavy atom. The van der Waals surface area contributed by atoms with Crippen LogP contribution in [0.25, 0.3) is 0 Å². The smallest absolute Gasteiger partial charge is 0.306 e. The first kappa shape index (κ1) is 11.6. The Labute approximate surface area is 101 Å². The average molecular weight is 287 g/mol. The van der Waals surface area contributed by atoms with Gasteiger partial charge >= 0.3 is 5.97 Å². The lowest BCUT2D eigenvalue weighted by atomic mass is 10.2. The molecule has 1 aliphatic rings. The molecule has 86 valence electrons. The normalized spacial score (nSPS) is 24.6. The van der Waals surface area contributed by atoms with E-state index in [0.717, 1.165) is 10.0 Å². The summed E-state index contributed by atoms with van der Waals surface area (Å²) in [5.74, 6) is -0.870. The number of carbonyl (C=O) groups is 1. The summed E-state index contributed by atoms with van der Waals surface area (Å²) in [6.07, 6.45) is -0.823. The summed E-state index contributed by atoms with van der Waals surface area (Å²) >= 11 is 3.34. The van der Waals surface area contributed by atoms with Crippen LogP contribution in [0.1, 0.15) is 18.3 Å². The number of aliphatic carboxylic acids is 1. The highest BCUT2D eigenvalue weighted by atomic mass is 79.9. The third kappa shape index (κ3) is 2.81. The van der Waals surface area contributed by atoms with Crippen molar-refractivity contribution in [3.05, 3.63) is 34.3 Å². The van der Waals surface area contributed by atoms with E-state index in [-0.39, 0.29) is 12.5 Å². The van der Waals surface area contributed by atoms with Crippen molar-refractivity contribution in [2.75, 3.05) is 6.61 Å². The molecule has 1 fully saturated rings. The Morgan fingerprint density at radius 3 is 2.75 bits per heavy atom. The van der Waals surface area contributed by atoms with Crippen molar-refractivity contribution in [1.82, 2.24) is 0 Å². The molecule has 1 saturated heterocycles. The lowest BCUT2D eigenvalue weighted by molar-refractivity contribution is -0.140. The molecule has 0 bridgehead atoms. The predicted molar refractivity (Wildman–Crippen MR) is 60.0 cm³/mol. The van der Waals surface area contributed by atoms with E-state index in [0.29, 0.717) is 6.61 Å². The van der Waals surface area contributed by atoms with E-state index in [2.05, 4.69) is 15.9 Å². The van der Waals surface area contributed by atoms with Gasteiger partial charge in [0.2, 0.25) is 0 Å². The minimum Gasteiger partial charge on any atom is -0.481 e. The van der Waals surface area contributed by atoms with Crippen LogP contribution in [0.5, 0.6) is 0 Å². The van der Waals surface area contributed by atoms with Gasteiger partial charge < -0.3 is 14.6 Å². The molecule has 1 aromatic rings. The summed E-state index contributed by atoms with van der Waals surface area (Å²) < 4.78 is 11.9. The van der Waals surface area contributed by atoms with Gasteiger partial charge in [0.05, 0.1) is 19.1 Å². The maximum absolute atomic E-state index is 10.5. The van der Waals surface area contributed by atoms with Gasteiger partial charge in [-0.2, -0.15) is 0 Å². The maximum Gasteiger partial charge on any atom is 0.306 e. The SMILES string of the molecule is O=C(O)CC1COC(c2ccc(Br)cc2)O1. The van der Waals surface area contributed by atoms with Crippen molar-refractivity contribution in [3.8, 4) is 0 Å². The van der Waals surface area contributed by atoms with E-state index in [1.54, 1.807) is 0 Å². The zero-order chi connectivity index (χ0) is 11.5. The molecule has 0 saturated carbocycles. The Morgan fingerprint density at radius 1 is 1.44 bits per heavy atom. The molecule has 2 unspecified atom stereocenters. The second kappa shape index (κ2) is 4.95. The Balaban J connectivity index is 1.98. The molecule has 1 aromatic carbocycles. The Hall–Kier alpha value is -0.910. The van der Waals surface area contributed by atoms with E-state index < -0.39 is 12.3 Å². The number of hydrogen-bond donors (Lipinski definition) is 1. The molecule has 16 heavy (non-hydrogen) atoms. The molecule has 2 atom stereocenters. The Kier molecular flexibility index (Phi) is 3.58. The van der Waals surface area contributed by atoms with Gasteiger partial charge in [-0.15, -0.1) is 0 Å². The van der Waals surface area contributed by atoms with Gasteiger partial charge in [-0.1, -0.05) is 28.1 Å². The van der Waals surface area contributed by atoms with Gasteiger partial charge in [0.25, 0.3) is 0 Å². The fourth-order valence-electron chi connectivity index (χ4n) is 1.54. The lowest BCUT2D eigenvalue weighted by Gasteiger charge is -2.10. The van der Waals surface area contributed by atoms with Crippen LogP contribution in [0.3, 0.4) is 0 Å². The fourth-order valence-corrected chi connectivity index (χ4v) is 1.81. The zero-order valence-corrected chi connectivity index (χ0v) is 10.0. The molecule has 4 nitrogen and oxygen atoms in total. The van der Waals surface area contributed by atoms with Crippen molar-refractivity contribution in [2.45, 2.75) is 18.8 Å². The largest absolute Gasteiger partial charge is 0.481 e. The zero-order valence-electron chi connectivity index (χ0n) is 8.43. The van der Waals surface area contributed by atoms with Gasteiger partial charge in [0.1, 0.15) is 0 Å². The minimum absolute atomic E-state index is 0.0208. The highest BCUT2D eigenvalue weighted by Gasteiger charge is 2.28. The number of halogens is 1. The molecule has 1 N–H and O–H groups in total. The van der Waals surface area contributed by atoms with Gasteiger partial charge in [-0.25, -0.2) is 0 Å². The topological polar surface area (TPSA) is 55.8 Å². The summed E-state index contributed by atoms with van der Waals surface area (Å²) in [7, 11) is 0. The first-order chi connectivity index (χ1) is 7.65. The number of benzene rings is 1. The summed E-state index contributed by atoms with van der Waals surface area (Å²) in [4.78, 5) is 10.5. The van der Waals surface area contributed by atoms with E-state index in [9.17, 15) is 4.79 Å². The number of carboxylic acids is 1. The van der Waals surface area contributed by atoms with Gasteiger partial charge in [0.15, 0.2) is 6.29 Å². The molecule has 0 radical (unpaired) electrons. The monoisotopic (exact) mass is 286 g/mol. The fraction of sp³-hybridized carbons (Fsp3) is 0.364. The van der Waals surface area contributed by atoms with Gasteiger partial charge in [-0.05, 0) is 12.1 Å². The first-order valence-corrected chi connectivity index (χ1v) is 5.69. The van der Waals surface area contributed by atoms with Crippen LogP contribution in [-0.4, -0.2) is 23.8 Å². The predicted octanol–water partition coefficient (Wildman–Crippen LogP) is 2.34. The van der Waals surface area contributed by atoms with Crippen molar-refractivity contribution in [1.29, 1.82) is 0 Å². The molecule has 0 aromatic heterocycles. The van der Waals surface area contributed by atoms with Crippen LogP contribution in [0.2, 0.25) is 0 Å². The van der Waals surface area contributed by atoms with Crippen LogP contribution >= 0.6 is 15.9 Å². The summed E-state index contributed by atoms with van der Waals surface area (Å²) in [5, 5.41) is 8.63. The number of carboxylic acid groups (broad SMARTS) is 1. The van der Waals surface area contributed by atoms with E-state index in [1.165, 1.54) is 0 Å². The summed E-state index contributed by atoms with van der Waals surface area (Å²) in [5.41, 5.74) is 0.899. The number of rotatable bonds is 3. The van der Waals surface area contributed by atoms with Crippen LogP contribution in [0, 0.1) is 0 Å². The molecule has 1 aliphatic heterocycles. The third-order valence-corrected chi connectivity index (χ3v) is 2.82. The molecule has 0 aliphatic carbocycles. The van der Waals surface area contributed by atoms with Gasteiger partial charge in [-0.3, -0.25) is 4.79 Å². The molecule has 2 rings (SSSR count). The maximum atomic E-state index is 10.5. The quantitative estimate of drug-likeness (QED) is 0.927. The van der Waals surface area contributed by atoms with Crippen molar-refractivity contribution in [3.63, 3.8) is 0 Å². The van der Waals surface area contributed by atoms with Crippen LogP contribution in [0.15, 0.2) is 28.7 Å². The van der Waals surface area contributed by atoms with E-state index >= 15 is 0 Å². The van der Waals surface area contributed by atoms with E-state index in [4.69, 9.17) is 14.6 Å². The lowest BCUT2D eigenvalue weighted by Crippen LogP contribution is -2.15. The number of hydrogen-bond acceptors (Lipinski definition) is 3. The van der Waals surface area contributed by atoms with Crippen molar-refractivity contribution >= 4 is 21.9 Å². The van der Waals surface area contributed by atoms with Crippen molar-refractivity contribution < 1.29 is 19.4 Å². The molecule has 5 heteroatoms. The highest BCUT2D eigenvalue weighted by molar-refractivity contribution is 9.10. The summed E-state index contributed by atoms with van der Waals surface area (Å²) in [6, 6.07) is 7.56. The first-order valence-electron chi connectivity index (χ1n) is 4.89. The molecule has 0 amide bonds. The molecular weight excluding hydrogens is 276 g/mol. The highest BCUT2D eigenvalue weighted by Crippen LogP contribution is 2.28. The number of ether oxygens (including phenoxy) is 2. The third-order valence-electron chi connectivity index (χ3n) is 2.29. The molecule has 1 heterocycles. The standard InChI is InChI=1S/C11H11BrO4/c12-8-3-1-7(2-4-8)11-15-6-9(16-11)5-10(13)14/h1-4,9,11H,5-6H2,(H,13,14). The molecular formula is C11H11BrO4. The second-order valence-electron chi connectivity index (χ2n) is 3.57. The van der Waals surface area contributed by atoms with E-state index in [1.807, 2.05) is 24.3 Å². The Bertz CT molecular complexity index is 376. The van der Waals surface area contributed by atoms with Gasteiger partial charge in [0, 0.05) is 10.0 Å².